The Labute approximate surface area is 202 Å². The largest absolute Gasteiger partial charge is 0.378 e. The second kappa shape index (κ2) is 9.11. The molecule has 0 aliphatic carbocycles. The van der Waals surface area contributed by atoms with Crippen LogP contribution in [0.1, 0.15) is 10.4 Å². The van der Waals surface area contributed by atoms with Crippen LogP contribution < -0.4 is 15.5 Å². The van der Waals surface area contributed by atoms with Crippen molar-refractivity contribution in [1.29, 1.82) is 0 Å². The third-order valence-electron chi connectivity index (χ3n) is 5.31. The number of hydrogen-bond acceptors (Lipinski definition) is 6. The maximum absolute atomic E-state index is 12.9. The van der Waals surface area contributed by atoms with Crippen LogP contribution >= 0.6 is 39.5 Å². The van der Waals surface area contributed by atoms with Crippen LogP contribution in [0.25, 0.3) is 21.0 Å². The zero-order valence-corrected chi connectivity index (χ0v) is 20.1. The van der Waals surface area contributed by atoms with Crippen LogP contribution in [-0.2, 0) is 4.74 Å². The van der Waals surface area contributed by atoms with Gasteiger partial charge in [0, 0.05) is 28.8 Å². The van der Waals surface area contributed by atoms with E-state index in [-0.39, 0.29) is 11.0 Å². The molecule has 6 nitrogen and oxygen atoms in total. The van der Waals surface area contributed by atoms with Crippen molar-refractivity contribution in [3.63, 3.8) is 0 Å². The molecule has 5 rings (SSSR count). The summed E-state index contributed by atoms with van der Waals surface area (Å²) in [6.45, 7) is 3.26. The molecule has 3 aromatic carbocycles. The molecule has 1 aliphatic rings. The first-order chi connectivity index (χ1) is 15.6. The Balaban J connectivity index is 1.31. The Morgan fingerprint density at radius 2 is 1.88 bits per heavy atom. The van der Waals surface area contributed by atoms with Gasteiger partial charge in [-0.1, -0.05) is 51.5 Å². The second-order valence-corrected chi connectivity index (χ2v) is 9.61. The van der Waals surface area contributed by atoms with Crippen LogP contribution in [0.15, 0.2) is 59.1 Å². The highest BCUT2D eigenvalue weighted by atomic mass is 79.9. The molecule has 1 fully saturated rings. The zero-order valence-electron chi connectivity index (χ0n) is 16.9. The molecule has 0 saturated carbocycles. The van der Waals surface area contributed by atoms with Crippen molar-refractivity contribution >= 4 is 82.3 Å². The Hall–Kier alpha value is -2.59. The van der Waals surface area contributed by atoms with Crippen molar-refractivity contribution in [3.8, 4) is 0 Å². The first-order valence-electron chi connectivity index (χ1n) is 10.1. The van der Waals surface area contributed by atoms with Crippen molar-refractivity contribution in [2.45, 2.75) is 0 Å². The van der Waals surface area contributed by atoms with Gasteiger partial charge in [0.25, 0.3) is 5.91 Å². The number of rotatable bonds is 3. The number of benzene rings is 3. The van der Waals surface area contributed by atoms with E-state index in [2.05, 4.69) is 48.6 Å². The third kappa shape index (κ3) is 4.33. The normalized spacial score (nSPS) is 14.0. The van der Waals surface area contributed by atoms with Crippen molar-refractivity contribution in [3.05, 3.63) is 64.6 Å². The maximum atomic E-state index is 12.9. The van der Waals surface area contributed by atoms with E-state index in [1.165, 1.54) is 11.3 Å². The van der Waals surface area contributed by atoms with Crippen molar-refractivity contribution in [2.24, 2.45) is 0 Å². The average Bonchev–Trinajstić information content (AvgIpc) is 3.20. The maximum Gasteiger partial charge on any atom is 0.258 e. The summed E-state index contributed by atoms with van der Waals surface area (Å²) < 4.78 is 7.44. The van der Waals surface area contributed by atoms with Crippen molar-refractivity contribution in [2.75, 3.05) is 36.5 Å². The molecule has 9 heteroatoms. The monoisotopic (exact) mass is 526 g/mol. The highest BCUT2D eigenvalue weighted by Gasteiger charge is 2.15. The van der Waals surface area contributed by atoms with Gasteiger partial charge in [0.05, 0.1) is 23.4 Å². The Morgan fingerprint density at radius 3 is 2.72 bits per heavy atom. The molecule has 32 heavy (non-hydrogen) atoms. The van der Waals surface area contributed by atoms with Gasteiger partial charge in [-0.3, -0.25) is 10.1 Å². The van der Waals surface area contributed by atoms with Gasteiger partial charge >= 0.3 is 0 Å². The highest BCUT2D eigenvalue weighted by Crippen LogP contribution is 2.30. The number of carbonyl (C=O) groups is 1. The van der Waals surface area contributed by atoms with E-state index in [1.807, 2.05) is 36.4 Å². The SMILES string of the molecule is O=C(NC(=S)Nc1nc2ccc(N3CCOCC3)cc2s1)c1cccc2c(Br)cccc12. The van der Waals surface area contributed by atoms with E-state index in [0.29, 0.717) is 10.7 Å². The standard InChI is InChI=1S/C23H19BrN4O2S2/c24-18-6-2-3-15-16(18)4-1-5-17(15)21(29)26-22(31)27-23-25-19-8-7-14(13-20(19)32-23)28-9-11-30-12-10-28/h1-8,13H,9-12H2,(H2,25,26,27,29,31). The number of fused-ring (bicyclic) bond motifs is 2. The lowest BCUT2D eigenvalue weighted by Crippen LogP contribution is -2.36. The highest BCUT2D eigenvalue weighted by molar-refractivity contribution is 9.10. The summed E-state index contributed by atoms with van der Waals surface area (Å²) in [5.74, 6) is -0.262. The minimum absolute atomic E-state index is 0.217. The number of hydrogen-bond donors (Lipinski definition) is 2. The quantitative estimate of drug-likeness (QED) is 0.358. The van der Waals surface area contributed by atoms with Crippen LogP contribution in [0.4, 0.5) is 10.8 Å². The number of ether oxygens (including phenoxy) is 1. The van der Waals surface area contributed by atoms with Crippen LogP contribution in [0.3, 0.4) is 0 Å². The smallest absolute Gasteiger partial charge is 0.258 e. The lowest BCUT2D eigenvalue weighted by molar-refractivity contribution is 0.0979. The van der Waals surface area contributed by atoms with E-state index in [1.54, 1.807) is 6.07 Å². The number of anilines is 2. The van der Waals surface area contributed by atoms with Crippen molar-refractivity contribution < 1.29 is 9.53 Å². The Bertz CT molecular complexity index is 1330. The predicted molar refractivity (Wildman–Crippen MR) is 138 cm³/mol. The summed E-state index contributed by atoms with van der Waals surface area (Å²) in [5.41, 5.74) is 2.61. The van der Waals surface area contributed by atoms with Gasteiger partial charge in [-0.05, 0) is 53.3 Å². The minimum atomic E-state index is -0.262. The first kappa shape index (κ1) is 21.3. The molecule has 1 amide bonds. The second-order valence-electron chi connectivity index (χ2n) is 7.32. The molecular formula is C23H19BrN4O2S2. The molecule has 2 N–H and O–H groups in total. The molecule has 0 atom stereocenters. The number of amides is 1. The summed E-state index contributed by atoms with van der Waals surface area (Å²) in [5, 5.41) is 8.52. The molecule has 162 valence electrons. The van der Waals surface area contributed by atoms with Gasteiger partial charge < -0.3 is 15.0 Å². The number of nitrogens with zero attached hydrogens (tertiary/aromatic N) is 2. The first-order valence-corrected chi connectivity index (χ1v) is 12.1. The van der Waals surface area contributed by atoms with E-state index in [0.717, 1.165) is 57.5 Å². The molecule has 0 spiro atoms. The number of nitrogens with one attached hydrogen (secondary N) is 2. The fraction of sp³-hybridized carbons (Fsp3) is 0.174. The molecule has 1 saturated heterocycles. The van der Waals surface area contributed by atoms with E-state index in [4.69, 9.17) is 17.0 Å². The fourth-order valence-electron chi connectivity index (χ4n) is 3.75. The number of thiocarbonyl (C=S) groups is 1. The summed E-state index contributed by atoms with van der Waals surface area (Å²) >= 11 is 10.4. The third-order valence-corrected chi connectivity index (χ3v) is 7.14. The number of aromatic nitrogens is 1. The molecular weight excluding hydrogens is 508 g/mol. The molecule has 4 aromatic rings. The lowest BCUT2D eigenvalue weighted by atomic mass is 10.0. The molecule has 1 aliphatic heterocycles. The lowest BCUT2D eigenvalue weighted by Gasteiger charge is -2.28. The summed E-state index contributed by atoms with van der Waals surface area (Å²) in [4.78, 5) is 19.8. The van der Waals surface area contributed by atoms with E-state index >= 15 is 0 Å². The number of carbonyl (C=O) groups excluding carboxylic acids is 1. The van der Waals surface area contributed by atoms with Gasteiger partial charge in [-0.2, -0.15) is 0 Å². The van der Waals surface area contributed by atoms with Crippen LogP contribution in [0.2, 0.25) is 0 Å². The van der Waals surface area contributed by atoms with Crippen molar-refractivity contribution in [1.82, 2.24) is 10.3 Å². The zero-order chi connectivity index (χ0) is 22.1. The molecule has 2 heterocycles. The van der Waals surface area contributed by atoms with E-state index < -0.39 is 0 Å². The van der Waals surface area contributed by atoms with E-state index in [9.17, 15) is 4.79 Å². The molecule has 0 unspecified atom stereocenters. The number of thiazole rings is 1. The van der Waals surface area contributed by atoms with Gasteiger partial charge in [0.2, 0.25) is 0 Å². The molecule has 0 radical (unpaired) electrons. The predicted octanol–water partition coefficient (Wildman–Crippen LogP) is 5.18. The topological polar surface area (TPSA) is 66.5 Å². The van der Waals surface area contributed by atoms with Crippen LogP contribution in [-0.4, -0.2) is 42.3 Å². The summed E-state index contributed by atoms with van der Waals surface area (Å²) in [7, 11) is 0. The summed E-state index contributed by atoms with van der Waals surface area (Å²) in [6, 6.07) is 17.6. The molecule has 0 bridgehead atoms. The number of morpholine rings is 1. The van der Waals surface area contributed by atoms with Crippen LogP contribution in [0, 0.1) is 0 Å². The fourth-order valence-corrected chi connectivity index (χ4v) is 5.41. The Morgan fingerprint density at radius 1 is 1.09 bits per heavy atom. The number of halogens is 1. The summed E-state index contributed by atoms with van der Waals surface area (Å²) in [6.07, 6.45) is 0. The Kier molecular flexibility index (Phi) is 6.05. The molecule has 1 aromatic heterocycles. The minimum Gasteiger partial charge on any atom is -0.378 e. The van der Waals surface area contributed by atoms with Crippen LogP contribution in [0.5, 0.6) is 0 Å². The van der Waals surface area contributed by atoms with Gasteiger partial charge in [-0.15, -0.1) is 0 Å². The van der Waals surface area contributed by atoms with Gasteiger partial charge in [0.15, 0.2) is 10.2 Å². The average molecular weight is 527 g/mol. The van der Waals surface area contributed by atoms with Gasteiger partial charge in [-0.25, -0.2) is 4.98 Å². The van der Waals surface area contributed by atoms with Gasteiger partial charge in [0.1, 0.15) is 0 Å².